The van der Waals surface area contributed by atoms with Gasteiger partial charge in [0.05, 0.1) is 12.0 Å². The summed E-state index contributed by atoms with van der Waals surface area (Å²) in [6.07, 6.45) is 4.16. The maximum absolute atomic E-state index is 11.5. The Morgan fingerprint density at radius 1 is 1.19 bits per heavy atom. The van der Waals surface area contributed by atoms with Gasteiger partial charge in [0.2, 0.25) is 11.8 Å². The van der Waals surface area contributed by atoms with Gasteiger partial charge in [-0.05, 0) is 44.2 Å². The molecule has 32 heavy (non-hydrogen) atoms. The molecule has 5 rings (SSSR count). The molecular weight excluding hydrogens is 408 g/mol. The van der Waals surface area contributed by atoms with Crippen molar-refractivity contribution in [3.8, 4) is 5.88 Å². The molecule has 2 saturated heterocycles. The summed E-state index contributed by atoms with van der Waals surface area (Å²) in [5.41, 5.74) is 3.14. The lowest BCUT2D eigenvalue weighted by atomic mass is 10.2. The molecule has 4 heterocycles. The minimum Gasteiger partial charge on any atom is -0.471 e. The van der Waals surface area contributed by atoms with Crippen LogP contribution in [0.4, 0.5) is 17.3 Å². The highest BCUT2D eigenvalue weighted by molar-refractivity contribution is 5.99. The molecule has 2 aromatic heterocycles. The van der Waals surface area contributed by atoms with Crippen molar-refractivity contribution in [1.29, 1.82) is 0 Å². The van der Waals surface area contributed by atoms with E-state index >= 15 is 0 Å². The number of benzene rings is 1. The number of aromatic amines is 1. The number of hydrogen-bond donors (Lipinski definition) is 2. The van der Waals surface area contributed by atoms with Gasteiger partial charge in [-0.2, -0.15) is 9.97 Å². The summed E-state index contributed by atoms with van der Waals surface area (Å²) in [4.78, 5) is 28.4. The molecular formula is C23H28N6O3. The van der Waals surface area contributed by atoms with Crippen LogP contribution in [-0.2, 0) is 4.74 Å². The fraction of sp³-hybridized carbons (Fsp3) is 0.435. The predicted octanol–water partition coefficient (Wildman–Crippen LogP) is 2.82. The number of hydrogen-bond acceptors (Lipinski definition) is 8. The Morgan fingerprint density at radius 3 is 2.72 bits per heavy atom. The monoisotopic (exact) mass is 436 g/mol. The predicted molar refractivity (Wildman–Crippen MR) is 123 cm³/mol. The Morgan fingerprint density at radius 2 is 2.00 bits per heavy atom. The number of nitrogens with zero attached hydrogens (tertiary/aromatic N) is 4. The third-order valence-electron chi connectivity index (χ3n) is 6.04. The van der Waals surface area contributed by atoms with Gasteiger partial charge in [0, 0.05) is 55.9 Å². The van der Waals surface area contributed by atoms with E-state index < -0.39 is 0 Å². The fourth-order valence-corrected chi connectivity index (χ4v) is 4.17. The number of carbonyl (C=O) groups is 1. The van der Waals surface area contributed by atoms with Gasteiger partial charge in [0.15, 0.2) is 6.29 Å². The van der Waals surface area contributed by atoms with Gasteiger partial charge >= 0.3 is 0 Å². The summed E-state index contributed by atoms with van der Waals surface area (Å²) < 4.78 is 11.7. The second kappa shape index (κ2) is 9.13. The summed E-state index contributed by atoms with van der Waals surface area (Å²) >= 11 is 0. The SMILES string of the molecule is CN1CCN(c2ccc(Nc3nc(OC4CCCOC4)c4c(C=O)c[nH]c4n3)cc2)CC1. The molecule has 0 aliphatic carbocycles. The number of ether oxygens (including phenoxy) is 2. The summed E-state index contributed by atoms with van der Waals surface area (Å²) in [6.45, 7) is 5.47. The molecule has 0 spiro atoms. The molecule has 2 fully saturated rings. The van der Waals surface area contributed by atoms with Crippen molar-refractivity contribution in [3.05, 3.63) is 36.0 Å². The van der Waals surface area contributed by atoms with Crippen molar-refractivity contribution in [1.82, 2.24) is 19.9 Å². The van der Waals surface area contributed by atoms with Crippen LogP contribution >= 0.6 is 0 Å². The normalized spacial score (nSPS) is 19.8. The van der Waals surface area contributed by atoms with Crippen LogP contribution in [0.25, 0.3) is 11.0 Å². The third kappa shape index (κ3) is 4.39. The van der Waals surface area contributed by atoms with E-state index in [1.54, 1.807) is 6.20 Å². The van der Waals surface area contributed by atoms with Crippen LogP contribution < -0.4 is 15.0 Å². The Balaban J connectivity index is 1.37. The lowest BCUT2D eigenvalue weighted by molar-refractivity contribution is 0.00624. The first kappa shape index (κ1) is 20.7. The molecule has 1 atom stereocenters. The van der Waals surface area contributed by atoms with Crippen LogP contribution in [0, 0.1) is 0 Å². The van der Waals surface area contributed by atoms with Gasteiger partial charge in [0.1, 0.15) is 11.8 Å². The highest BCUT2D eigenvalue weighted by Gasteiger charge is 2.21. The van der Waals surface area contributed by atoms with Crippen molar-refractivity contribution in [2.24, 2.45) is 0 Å². The van der Waals surface area contributed by atoms with Gasteiger partial charge in [-0.1, -0.05) is 0 Å². The zero-order chi connectivity index (χ0) is 21.9. The number of carbonyl (C=O) groups excluding carboxylic acids is 1. The smallest absolute Gasteiger partial charge is 0.232 e. The molecule has 0 bridgehead atoms. The molecule has 0 radical (unpaired) electrons. The number of H-pyrrole nitrogens is 1. The molecule has 9 nitrogen and oxygen atoms in total. The largest absolute Gasteiger partial charge is 0.471 e. The van der Waals surface area contributed by atoms with Crippen molar-refractivity contribution in [2.75, 3.05) is 56.7 Å². The molecule has 3 aromatic rings. The minimum absolute atomic E-state index is 0.0908. The second-order valence-electron chi connectivity index (χ2n) is 8.36. The number of likely N-dealkylation sites (N-methyl/N-ethyl adjacent to an activating group) is 1. The van der Waals surface area contributed by atoms with Crippen molar-refractivity contribution >= 4 is 34.6 Å². The Bertz CT molecular complexity index is 1070. The van der Waals surface area contributed by atoms with Crippen LogP contribution in [0.5, 0.6) is 5.88 Å². The van der Waals surface area contributed by atoms with E-state index in [2.05, 4.69) is 49.2 Å². The van der Waals surface area contributed by atoms with Crippen LogP contribution in [0.2, 0.25) is 0 Å². The topological polar surface area (TPSA) is 95.6 Å². The Kier molecular flexibility index (Phi) is 5.91. The molecule has 9 heteroatoms. The van der Waals surface area contributed by atoms with Gasteiger partial charge in [-0.3, -0.25) is 4.79 Å². The molecule has 168 valence electrons. The van der Waals surface area contributed by atoms with E-state index in [-0.39, 0.29) is 6.10 Å². The Labute approximate surface area is 186 Å². The van der Waals surface area contributed by atoms with Gasteiger partial charge in [-0.15, -0.1) is 0 Å². The number of rotatable bonds is 6. The molecule has 2 N–H and O–H groups in total. The third-order valence-corrected chi connectivity index (χ3v) is 6.04. The summed E-state index contributed by atoms with van der Waals surface area (Å²) in [6, 6.07) is 8.29. The highest BCUT2D eigenvalue weighted by Crippen LogP contribution is 2.30. The maximum atomic E-state index is 11.5. The van der Waals surface area contributed by atoms with Crippen molar-refractivity contribution in [3.63, 3.8) is 0 Å². The fourth-order valence-electron chi connectivity index (χ4n) is 4.17. The molecule has 0 amide bonds. The zero-order valence-corrected chi connectivity index (χ0v) is 18.2. The van der Waals surface area contributed by atoms with E-state index in [9.17, 15) is 4.79 Å². The molecule has 1 aromatic carbocycles. The highest BCUT2D eigenvalue weighted by atomic mass is 16.5. The average molecular weight is 437 g/mol. The van der Waals surface area contributed by atoms with Crippen molar-refractivity contribution in [2.45, 2.75) is 18.9 Å². The lowest BCUT2D eigenvalue weighted by Gasteiger charge is -2.34. The van der Waals surface area contributed by atoms with E-state index in [1.807, 2.05) is 12.1 Å². The first-order chi connectivity index (χ1) is 15.7. The lowest BCUT2D eigenvalue weighted by Crippen LogP contribution is -2.44. The second-order valence-corrected chi connectivity index (χ2v) is 8.36. The molecule has 2 aliphatic rings. The Hall–Kier alpha value is -3.17. The molecule has 0 saturated carbocycles. The van der Waals surface area contributed by atoms with Gasteiger partial charge in [0.25, 0.3) is 0 Å². The minimum atomic E-state index is -0.0908. The summed E-state index contributed by atoms with van der Waals surface area (Å²) in [5, 5.41) is 3.87. The quantitative estimate of drug-likeness (QED) is 0.570. The summed E-state index contributed by atoms with van der Waals surface area (Å²) in [7, 11) is 2.16. The van der Waals surface area contributed by atoms with Gasteiger partial charge in [-0.25, -0.2) is 0 Å². The number of fused-ring (bicyclic) bond motifs is 1. The first-order valence-corrected chi connectivity index (χ1v) is 11.1. The number of aromatic nitrogens is 3. The molecule has 1 unspecified atom stereocenters. The molecule has 2 aliphatic heterocycles. The van der Waals surface area contributed by atoms with E-state index in [4.69, 9.17) is 9.47 Å². The maximum Gasteiger partial charge on any atom is 0.232 e. The summed E-state index contributed by atoms with van der Waals surface area (Å²) in [5.74, 6) is 0.807. The van der Waals surface area contributed by atoms with Crippen LogP contribution in [0.1, 0.15) is 23.2 Å². The van der Waals surface area contributed by atoms with E-state index in [0.29, 0.717) is 35.0 Å². The zero-order valence-electron chi connectivity index (χ0n) is 18.2. The number of piperazine rings is 1. The number of anilines is 3. The first-order valence-electron chi connectivity index (χ1n) is 11.1. The number of nitrogens with one attached hydrogen (secondary N) is 2. The van der Waals surface area contributed by atoms with E-state index in [0.717, 1.165) is 57.6 Å². The van der Waals surface area contributed by atoms with E-state index in [1.165, 1.54) is 5.69 Å². The van der Waals surface area contributed by atoms with Crippen LogP contribution in [0.15, 0.2) is 30.5 Å². The average Bonchev–Trinajstić information content (AvgIpc) is 3.24. The standard InChI is InChI=1S/C23H28N6O3/c1-28-8-10-29(11-9-28)18-6-4-17(5-7-18)25-23-26-21-20(16(14-30)13-24-21)22(27-23)32-19-3-2-12-31-15-19/h4-7,13-14,19H,2-3,8-12,15H2,1H3,(H2,24,25,26,27). The number of aldehydes is 1. The van der Waals surface area contributed by atoms with Crippen LogP contribution in [-0.4, -0.2) is 78.7 Å². The van der Waals surface area contributed by atoms with Crippen molar-refractivity contribution < 1.29 is 14.3 Å². The van der Waals surface area contributed by atoms with Gasteiger partial charge < -0.3 is 29.6 Å². The van der Waals surface area contributed by atoms with Crippen LogP contribution in [0.3, 0.4) is 0 Å².